The number of hydrazone groups is 1. The first-order valence-corrected chi connectivity index (χ1v) is 10.8. The van der Waals surface area contributed by atoms with E-state index in [4.69, 9.17) is 16.3 Å². The van der Waals surface area contributed by atoms with Gasteiger partial charge in [-0.1, -0.05) is 59.6 Å². The Hall–Kier alpha value is -3.90. The number of aromatic amines is 1. The Morgan fingerprint density at radius 1 is 1.06 bits per heavy atom. The predicted octanol–water partition coefficient (Wildman–Crippen LogP) is 5.77. The number of carbonyl (C=O) groups excluding carboxylic acids is 1. The smallest absolute Gasteiger partial charge is 0.289 e. The minimum atomic E-state index is -0.361. The summed E-state index contributed by atoms with van der Waals surface area (Å²) in [6.45, 7) is 4.25. The molecule has 0 saturated carbocycles. The van der Waals surface area contributed by atoms with Crippen molar-refractivity contribution in [3.63, 3.8) is 0 Å². The number of halogens is 1. The number of ether oxygens (including phenoxy) is 1. The van der Waals surface area contributed by atoms with Gasteiger partial charge in [0, 0.05) is 16.1 Å². The maximum absolute atomic E-state index is 12.5. The van der Waals surface area contributed by atoms with Gasteiger partial charge in [-0.15, -0.1) is 0 Å². The molecular formula is C26H23ClN4O2. The Morgan fingerprint density at radius 3 is 2.52 bits per heavy atom. The van der Waals surface area contributed by atoms with Crippen molar-refractivity contribution in [1.29, 1.82) is 0 Å². The van der Waals surface area contributed by atoms with Gasteiger partial charge in [-0.3, -0.25) is 9.89 Å². The number of carbonyl (C=O) groups is 1. The van der Waals surface area contributed by atoms with Crippen LogP contribution in [0.2, 0.25) is 5.02 Å². The average molecular weight is 459 g/mol. The molecule has 1 amide bonds. The average Bonchev–Trinajstić information content (AvgIpc) is 3.33. The van der Waals surface area contributed by atoms with E-state index in [0.717, 1.165) is 22.4 Å². The van der Waals surface area contributed by atoms with Crippen LogP contribution in [0.1, 0.15) is 34.1 Å². The van der Waals surface area contributed by atoms with Crippen molar-refractivity contribution >= 4 is 23.2 Å². The van der Waals surface area contributed by atoms with Gasteiger partial charge in [0.1, 0.15) is 18.1 Å². The highest BCUT2D eigenvalue weighted by Gasteiger charge is 2.11. The fraction of sp³-hybridized carbons (Fsp3) is 0.115. The predicted molar refractivity (Wildman–Crippen MR) is 131 cm³/mol. The molecule has 0 unspecified atom stereocenters. The van der Waals surface area contributed by atoms with Crippen molar-refractivity contribution in [3.05, 3.63) is 106 Å². The monoisotopic (exact) mass is 458 g/mol. The number of aryl methyl sites for hydroxylation is 1. The van der Waals surface area contributed by atoms with Gasteiger partial charge in [-0.05, 0) is 55.8 Å². The Labute approximate surface area is 197 Å². The SMILES string of the molecule is C/C(=N/NC(=O)c1cc(-c2ccc(OCc3ccccc3Cl)cc2)n[nH]1)c1ccc(C)cc1. The second kappa shape index (κ2) is 10.1. The largest absolute Gasteiger partial charge is 0.489 e. The standard InChI is InChI=1S/C26H23ClN4O2/c1-17-7-9-19(10-8-17)18(2)28-31-26(32)25-15-24(29-30-25)20-11-13-22(14-12-20)33-16-21-5-3-4-6-23(21)27/h3-15H,16H2,1-2H3,(H,29,30)(H,31,32)/b28-18-. The van der Waals surface area contributed by atoms with Crippen LogP contribution in [0.25, 0.3) is 11.3 Å². The molecule has 0 spiro atoms. The first-order chi connectivity index (χ1) is 16.0. The molecule has 0 aliphatic heterocycles. The summed E-state index contributed by atoms with van der Waals surface area (Å²) in [6, 6.07) is 24.7. The van der Waals surface area contributed by atoms with Gasteiger partial charge in [-0.2, -0.15) is 10.2 Å². The molecule has 0 saturated heterocycles. The van der Waals surface area contributed by atoms with Gasteiger partial charge in [-0.25, -0.2) is 5.43 Å². The van der Waals surface area contributed by atoms with Crippen LogP contribution >= 0.6 is 11.6 Å². The number of nitrogens with zero attached hydrogens (tertiary/aromatic N) is 2. The molecule has 2 N–H and O–H groups in total. The molecule has 3 aromatic carbocycles. The second-order valence-electron chi connectivity index (χ2n) is 7.58. The van der Waals surface area contributed by atoms with Gasteiger partial charge >= 0.3 is 0 Å². The molecule has 4 aromatic rings. The lowest BCUT2D eigenvalue weighted by atomic mass is 10.1. The van der Waals surface area contributed by atoms with Crippen LogP contribution in [-0.4, -0.2) is 21.8 Å². The number of benzene rings is 3. The van der Waals surface area contributed by atoms with Gasteiger partial charge in [0.2, 0.25) is 0 Å². The fourth-order valence-corrected chi connectivity index (χ4v) is 3.33. The zero-order valence-corrected chi connectivity index (χ0v) is 19.1. The summed E-state index contributed by atoms with van der Waals surface area (Å²) in [5.41, 5.74) is 8.15. The summed E-state index contributed by atoms with van der Waals surface area (Å²) in [7, 11) is 0. The molecule has 0 radical (unpaired) electrons. The quantitative estimate of drug-likeness (QED) is 0.272. The van der Waals surface area contributed by atoms with Crippen molar-refractivity contribution < 1.29 is 9.53 Å². The number of nitrogens with one attached hydrogen (secondary N) is 2. The number of rotatable bonds is 7. The molecule has 0 atom stereocenters. The Morgan fingerprint density at radius 2 is 1.79 bits per heavy atom. The van der Waals surface area contributed by atoms with Crippen LogP contribution in [0.3, 0.4) is 0 Å². The maximum atomic E-state index is 12.5. The van der Waals surface area contributed by atoms with E-state index < -0.39 is 0 Å². The van der Waals surface area contributed by atoms with E-state index in [1.807, 2.05) is 86.6 Å². The number of amides is 1. The van der Waals surface area contributed by atoms with Gasteiger partial charge < -0.3 is 4.74 Å². The molecule has 6 nitrogen and oxygen atoms in total. The van der Waals surface area contributed by atoms with Crippen molar-refractivity contribution in [2.45, 2.75) is 20.5 Å². The minimum Gasteiger partial charge on any atom is -0.489 e. The lowest BCUT2D eigenvalue weighted by Crippen LogP contribution is -2.19. The lowest BCUT2D eigenvalue weighted by Gasteiger charge is -2.08. The number of H-pyrrole nitrogens is 1. The summed E-state index contributed by atoms with van der Waals surface area (Å²) >= 11 is 6.17. The number of hydrogen-bond donors (Lipinski definition) is 2. The molecule has 0 aliphatic carbocycles. The van der Waals surface area contributed by atoms with Crippen LogP contribution in [0.15, 0.2) is 84.0 Å². The normalized spacial score (nSPS) is 11.3. The minimum absolute atomic E-state index is 0.324. The molecule has 166 valence electrons. The highest BCUT2D eigenvalue weighted by atomic mass is 35.5. The summed E-state index contributed by atoms with van der Waals surface area (Å²) in [4.78, 5) is 12.5. The van der Waals surface area contributed by atoms with Crippen LogP contribution in [0.5, 0.6) is 5.75 Å². The second-order valence-corrected chi connectivity index (χ2v) is 7.98. The summed E-state index contributed by atoms with van der Waals surface area (Å²) in [5.74, 6) is 0.355. The fourth-order valence-electron chi connectivity index (χ4n) is 3.14. The Kier molecular flexibility index (Phi) is 6.86. The molecule has 1 heterocycles. The third-order valence-electron chi connectivity index (χ3n) is 5.12. The summed E-state index contributed by atoms with van der Waals surface area (Å²) < 4.78 is 5.81. The molecule has 0 bridgehead atoms. The van der Waals surface area contributed by atoms with E-state index in [-0.39, 0.29) is 5.91 Å². The van der Waals surface area contributed by atoms with Gasteiger partial charge in [0.25, 0.3) is 5.91 Å². The zero-order valence-electron chi connectivity index (χ0n) is 18.3. The Bertz CT molecular complexity index is 1280. The highest BCUT2D eigenvalue weighted by Crippen LogP contribution is 2.23. The number of aromatic nitrogens is 2. The third kappa shape index (κ3) is 5.67. The maximum Gasteiger partial charge on any atom is 0.289 e. The third-order valence-corrected chi connectivity index (χ3v) is 5.49. The van der Waals surface area contributed by atoms with E-state index in [1.54, 1.807) is 6.07 Å². The molecular weight excluding hydrogens is 436 g/mol. The highest BCUT2D eigenvalue weighted by molar-refractivity contribution is 6.31. The van der Waals surface area contributed by atoms with Gasteiger partial charge in [0.05, 0.1) is 11.4 Å². The first-order valence-electron chi connectivity index (χ1n) is 10.4. The molecule has 0 aliphatic rings. The topological polar surface area (TPSA) is 79.4 Å². The van der Waals surface area contributed by atoms with E-state index in [1.165, 1.54) is 5.56 Å². The van der Waals surface area contributed by atoms with Crippen LogP contribution in [0, 0.1) is 6.92 Å². The van der Waals surface area contributed by atoms with Crippen molar-refractivity contribution in [3.8, 4) is 17.0 Å². The Balaban J connectivity index is 1.37. The molecule has 1 aromatic heterocycles. The van der Waals surface area contributed by atoms with Crippen LogP contribution < -0.4 is 10.2 Å². The molecule has 0 fully saturated rings. The summed E-state index contributed by atoms with van der Waals surface area (Å²) in [5, 5.41) is 11.9. The van der Waals surface area contributed by atoms with Crippen molar-refractivity contribution in [1.82, 2.24) is 15.6 Å². The zero-order chi connectivity index (χ0) is 23.2. The van der Waals surface area contributed by atoms with Crippen LogP contribution in [0.4, 0.5) is 0 Å². The van der Waals surface area contributed by atoms with Crippen molar-refractivity contribution in [2.24, 2.45) is 5.10 Å². The van der Waals surface area contributed by atoms with E-state index in [0.29, 0.717) is 28.8 Å². The van der Waals surface area contributed by atoms with E-state index in [2.05, 4.69) is 20.7 Å². The van der Waals surface area contributed by atoms with Gasteiger partial charge in [0.15, 0.2) is 0 Å². The first kappa shape index (κ1) is 22.3. The van der Waals surface area contributed by atoms with E-state index >= 15 is 0 Å². The van der Waals surface area contributed by atoms with Crippen LogP contribution in [-0.2, 0) is 6.61 Å². The molecule has 7 heteroatoms. The molecule has 4 rings (SSSR count). The van der Waals surface area contributed by atoms with E-state index in [9.17, 15) is 4.79 Å². The molecule has 33 heavy (non-hydrogen) atoms. The summed E-state index contributed by atoms with van der Waals surface area (Å²) in [6.07, 6.45) is 0. The lowest BCUT2D eigenvalue weighted by molar-refractivity contribution is 0.0950. The number of hydrogen-bond acceptors (Lipinski definition) is 4. The van der Waals surface area contributed by atoms with Crippen molar-refractivity contribution in [2.75, 3.05) is 0 Å².